The maximum atomic E-state index is 6.00. The Bertz CT molecular complexity index is 542. The molecule has 6 heteroatoms. The fraction of sp³-hybridized carbons (Fsp3) is 0.333. The van der Waals surface area contributed by atoms with Crippen LogP contribution in [0.25, 0.3) is 0 Å². The van der Waals surface area contributed by atoms with Gasteiger partial charge in [-0.3, -0.25) is 0 Å². The van der Waals surface area contributed by atoms with Gasteiger partial charge in [0.2, 0.25) is 0 Å². The van der Waals surface area contributed by atoms with Crippen LogP contribution in [0, 0.1) is 6.92 Å². The quantitative estimate of drug-likeness (QED) is 0.927. The summed E-state index contributed by atoms with van der Waals surface area (Å²) in [7, 11) is 0. The molecule has 0 saturated heterocycles. The van der Waals surface area contributed by atoms with Gasteiger partial charge in [-0.15, -0.1) is 21.5 Å². The summed E-state index contributed by atoms with van der Waals surface area (Å²) in [5.74, 6) is 0. The Labute approximate surface area is 120 Å². The molecule has 1 heterocycles. The lowest BCUT2D eigenvalue weighted by molar-refractivity contribution is 0.571. The van der Waals surface area contributed by atoms with E-state index in [0.29, 0.717) is 16.6 Å². The third kappa shape index (κ3) is 3.42. The highest BCUT2D eigenvalue weighted by atomic mass is 35.5. The number of aromatic nitrogens is 2. The summed E-state index contributed by atoms with van der Waals surface area (Å²) in [6.07, 6.45) is 0. The summed E-state index contributed by atoms with van der Waals surface area (Å²) < 4.78 is 0. The Morgan fingerprint density at radius 2 is 2.06 bits per heavy atom. The van der Waals surface area contributed by atoms with Gasteiger partial charge in [-0.2, -0.15) is 0 Å². The second-order valence-corrected chi connectivity index (χ2v) is 6.07. The molecule has 0 unspecified atom stereocenters. The van der Waals surface area contributed by atoms with Gasteiger partial charge in [0.25, 0.3) is 0 Å². The number of aryl methyl sites for hydroxylation is 1. The molecule has 1 atom stereocenters. The lowest BCUT2D eigenvalue weighted by Gasteiger charge is -2.13. The molecule has 0 aliphatic rings. The molecule has 3 nitrogen and oxygen atoms in total. The minimum absolute atomic E-state index is 0.184. The van der Waals surface area contributed by atoms with Crippen molar-refractivity contribution in [1.82, 2.24) is 15.5 Å². The Hall–Kier alpha value is -0.680. The van der Waals surface area contributed by atoms with Gasteiger partial charge >= 0.3 is 0 Å². The van der Waals surface area contributed by atoms with E-state index < -0.39 is 0 Å². The highest BCUT2D eigenvalue weighted by molar-refractivity contribution is 7.11. The average molecular weight is 302 g/mol. The van der Waals surface area contributed by atoms with Crippen LogP contribution in [0.5, 0.6) is 0 Å². The van der Waals surface area contributed by atoms with Crippen LogP contribution in [-0.4, -0.2) is 10.2 Å². The van der Waals surface area contributed by atoms with Crippen LogP contribution in [-0.2, 0) is 6.54 Å². The van der Waals surface area contributed by atoms with Crippen molar-refractivity contribution in [1.29, 1.82) is 0 Å². The first kappa shape index (κ1) is 13.7. The van der Waals surface area contributed by atoms with Crippen molar-refractivity contribution in [2.75, 3.05) is 0 Å². The molecule has 2 rings (SSSR count). The molecule has 1 aromatic heterocycles. The normalized spacial score (nSPS) is 12.7. The van der Waals surface area contributed by atoms with E-state index in [1.165, 1.54) is 0 Å². The maximum Gasteiger partial charge on any atom is 0.131 e. The van der Waals surface area contributed by atoms with E-state index in [2.05, 4.69) is 22.4 Å². The van der Waals surface area contributed by atoms with Crippen molar-refractivity contribution < 1.29 is 0 Å². The zero-order chi connectivity index (χ0) is 13.1. The molecule has 0 bridgehead atoms. The first-order valence-electron chi connectivity index (χ1n) is 5.53. The number of benzene rings is 1. The van der Waals surface area contributed by atoms with Crippen LogP contribution in [0.15, 0.2) is 18.2 Å². The smallest absolute Gasteiger partial charge is 0.131 e. The molecule has 0 spiro atoms. The topological polar surface area (TPSA) is 37.8 Å². The van der Waals surface area contributed by atoms with Gasteiger partial charge in [-0.1, -0.05) is 29.3 Å². The van der Waals surface area contributed by atoms with Crippen molar-refractivity contribution >= 4 is 34.5 Å². The predicted octanol–water partition coefficient (Wildman–Crippen LogP) is 4.00. The van der Waals surface area contributed by atoms with Crippen LogP contribution in [0.4, 0.5) is 0 Å². The molecule has 0 fully saturated rings. The molecule has 0 saturated carbocycles. The molecule has 1 N–H and O–H groups in total. The Morgan fingerprint density at radius 1 is 1.28 bits per heavy atom. The Morgan fingerprint density at radius 3 is 2.67 bits per heavy atom. The van der Waals surface area contributed by atoms with Crippen LogP contribution in [0.1, 0.15) is 28.5 Å². The van der Waals surface area contributed by atoms with Gasteiger partial charge < -0.3 is 5.32 Å². The van der Waals surface area contributed by atoms with Gasteiger partial charge in [-0.25, -0.2) is 0 Å². The van der Waals surface area contributed by atoms with E-state index in [4.69, 9.17) is 23.2 Å². The lowest BCUT2D eigenvalue weighted by Crippen LogP contribution is -2.17. The minimum atomic E-state index is 0.184. The van der Waals surface area contributed by atoms with E-state index in [0.717, 1.165) is 15.6 Å². The van der Waals surface area contributed by atoms with Crippen molar-refractivity contribution in [3.8, 4) is 0 Å². The maximum absolute atomic E-state index is 6.00. The van der Waals surface area contributed by atoms with Crippen LogP contribution < -0.4 is 5.32 Å². The number of nitrogens with one attached hydrogen (secondary N) is 1. The molecule has 2 aromatic rings. The predicted molar refractivity (Wildman–Crippen MR) is 76.4 cm³/mol. The summed E-state index contributed by atoms with van der Waals surface area (Å²) in [5.41, 5.74) is 1.10. The summed E-state index contributed by atoms with van der Waals surface area (Å²) in [6, 6.07) is 5.85. The van der Waals surface area contributed by atoms with Crippen molar-refractivity contribution in [3.05, 3.63) is 43.8 Å². The fourth-order valence-corrected chi connectivity index (χ4v) is 2.52. The van der Waals surface area contributed by atoms with Crippen LogP contribution in [0.2, 0.25) is 10.0 Å². The average Bonchev–Trinajstić information content (AvgIpc) is 2.75. The lowest BCUT2D eigenvalue weighted by atomic mass is 10.1. The largest absolute Gasteiger partial charge is 0.304 e. The third-order valence-corrected chi connectivity index (χ3v) is 4.15. The second-order valence-electron chi connectivity index (χ2n) is 3.99. The summed E-state index contributed by atoms with van der Waals surface area (Å²) in [5, 5.41) is 14.6. The standard InChI is InChI=1S/C12H13Cl2N3S/c1-7(9-3-4-10(13)11(14)5-9)15-6-12-17-16-8(2)18-12/h3-5,7,15H,6H2,1-2H3/t7-/m1/s1. The van der Waals surface area contributed by atoms with Crippen molar-refractivity contribution in [2.45, 2.75) is 26.4 Å². The molecule has 1 aromatic carbocycles. The first-order chi connectivity index (χ1) is 8.56. The number of nitrogens with zero attached hydrogens (tertiary/aromatic N) is 2. The molecule has 18 heavy (non-hydrogen) atoms. The molecule has 0 aliphatic carbocycles. The third-order valence-electron chi connectivity index (χ3n) is 2.57. The summed E-state index contributed by atoms with van der Waals surface area (Å²) in [4.78, 5) is 0. The summed E-state index contributed by atoms with van der Waals surface area (Å²) in [6.45, 7) is 4.73. The number of halogens is 2. The number of hydrogen-bond acceptors (Lipinski definition) is 4. The molecule has 0 aliphatic heterocycles. The zero-order valence-corrected chi connectivity index (χ0v) is 12.4. The van der Waals surface area contributed by atoms with Gasteiger partial charge in [0.05, 0.1) is 16.6 Å². The minimum Gasteiger partial charge on any atom is -0.304 e. The van der Waals surface area contributed by atoms with Gasteiger partial charge in [0.1, 0.15) is 10.0 Å². The van der Waals surface area contributed by atoms with E-state index in [1.807, 2.05) is 25.1 Å². The van der Waals surface area contributed by atoms with Crippen LogP contribution >= 0.6 is 34.5 Å². The molecule has 96 valence electrons. The monoisotopic (exact) mass is 301 g/mol. The first-order valence-corrected chi connectivity index (χ1v) is 7.11. The van der Waals surface area contributed by atoms with Gasteiger partial charge in [-0.05, 0) is 31.5 Å². The molecule has 0 radical (unpaired) electrons. The Balaban J connectivity index is 1.99. The second kappa shape index (κ2) is 5.97. The van der Waals surface area contributed by atoms with Crippen LogP contribution in [0.3, 0.4) is 0 Å². The van der Waals surface area contributed by atoms with E-state index in [9.17, 15) is 0 Å². The van der Waals surface area contributed by atoms with Crippen molar-refractivity contribution in [3.63, 3.8) is 0 Å². The number of hydrogen-bond donors (Lipinski definition) is 1. The van der Waals surface area contributed by atoms with E-state index >= 15 is 0 Å². The fourth-order valence-electron chi connectivity index (χ4n) is 1.55. The summed E-state index contributed by atoms with van der Waals surface area (Å²) >= 11 is 13.5. The number of rotatable bonds is 4. The SMILES string of the molecule is Cc1nnc(CN[C@H](C)c2ccc(Cl)c(Cl)c2)s1. The van der Waals surface area contributed by atoms with Gasteiger partial charge in [0, 0.05) is 6.04 Å². The molecular formula is C12H13Cl2N3S. The van der Waals surface area contributed by atoms with Gasteiger partial charge in [0.15, 0.2) is 0 Å². The highest BCUT2D eigenvalue weighted by Gasteiger charge is 2.08. The van der Waals surface area contributed by atoms with E-state index in [-0.39, 0.29) is 6.04 Å². The molecular weight excluding hydrogens is 289 g/mol. The van der Waals surface area contributed by atoms with E-state index in [1.54, 1.807) is 11.3 Å². The highest BCUT2D eigenvalue weighted by Crippen LogP contribution is 2.25. The zero-order valence-electron chi connectivity index (χ0n) is 10.1. The van der Waals surface area contributed by atoms with Crippen molar-refractivity contribution in [2.24, 2.45) is 0 Å². The Kier molecular flexibility index (Phi) is 4.56. The molecule has 0 amide bonds.